The minimum absolute atomic E-state index is 0. The van der Waals surface area contributed by atoms with E-state index < -0.39 is 8.38 Å². The zero-order valence-corrected chi connectivity index (χ0v) is 11.3. The van der Waals surface area contributed by atoms with Crippen molar-refractivity contribution in [2.24, 2.45) is 5.73 Å². The molecule has 0 fully saturated rings. The Labute approximate surface area is 104 Å². The Bertz CT molecular complexity index is 143. The summed E-state index contributed by atoms with van der Waals surface area (Å²) in [6.45, 7) is 2.98. The van der Waals surface area contributed by atoms with Crippen molar-refractivity contribution in [3.8, 4) is 0 Å². The summed E-state index contributed by atoms with van der Waals surface area (Å²) in [6, 6.07) is 0. The molecule has 0 amide bonds. The summed E-state index contributed by atoms with van der Waals surface area (Å²) in [5, 5.41) is 7.30. The van der Waals surface area contributed by atoms with Crippen LogP contribution in [-0.2, 0) is 4.52 Å². The molecule has 0 aromatic heterocycles. The number of rotatable bonds is 7. The third kappa shape index (κ3) is 9.29. The molecule has 0 radical (unpaired) electrons. The third-order valence-corrected chi connectivity index (χ3v) is 2.44. The summed E-state index contributed by atoms with van der Waals surface area (Å²) in [5.41, 5.74) is 5.45. The van der Waals surface area contributed by atoms with E-state index in [2.05, 4.69) is 0 Å². The Balaban J connectivity index is -0.000000605. The Morgan fingerprint density at radius 3 is 2.77 bits per heavy atom. The SMILES string of the molecule is CCCCOP(O)C(=N)CCN.[H-].[Na+]. The Kier molecular flexibility index (Phi) is 14.0. The number of hydrogen-bond donors (Lipinski definition) is 3. The first-order valence-corrected chi connectivity index (χ1v) is 5.33. The van der Waals surface area contributed by atoms with E-state index in [1.807, 2.05) is 6.92 Å². The van der Waals surface area contributed by atoms with Crippen LogP contribution in [0.4, 0.5) is 0 Å². The standard InChI is InChI=1S/C7H17N2O2P.Na.H/c1-2-3-6-11-12(10)7(9)4-5-8;;/h9-10H,2-6,8H2,1H3;;/q;+1;-1. The van der Waals surface area contributed by atoms with E-state index in [1.54, 1.807) is 0 Å². The van der Waals surface area contributed by atoms with Crippen molar-refractivity contribution in [2.75, 3.05) is 13.2 Å². The predicted octanol–water partition coefficient (Wildman–Crippen LogP) is -1.45. The van der Waals surface area contributed by atoms with Gasteiger partial charge in [0.2, 0.25) is 8.38 Å². The second-order valence-corrected chi connectivity index (χ2v) is 3.79. The maximum Gasteiger partial charge on any atom is 1.00 e. The average molecular weight is 216 g/mol. The Morgan fingerprint density at radius 2 is 2.31 bits per heavy atom. The summed E-state index contributed by atoms with van der Waals surface area (Å²) in [6.07, 6.45) is 2.39. The molecule has 4 nitrogen and oxygen atoms in total. The largest absolute Gasteiger partial charge is 1.00 e. The van der Waals surface area contributed by atoms with Crippen molar-refractivity contribution in [1.29, 1.82) is 5.41 Å². The number of unbranched alkanes of at least 4 members (excludes halogenated alkanes) is 1. The number of nitrogens with one attached hydrogen (secondary N) is 1. The molecule has 0 spiro atoms. The molecule has 0 aliphatic carbocycles. The zero-order chi connectivity index (χ0) is 9.40. The molecule has 6 heteroatoms. The second-order valence-electron chi connectivity index (χ2n) is 2.45. The van der Waals surface area contributed by atoms with Crippen LogP contribution in [0.25, 0.3) is 0 Å². The number of hydrogen-bond acceptors (Lipinski definition) is 4. The molecule has 0 saturated heterocycles. The summed E-state index contributed by atoms with van der Waals surface area (Å²) in [5.74, 6) is 0. The van der Waals surface area contributed by atoms with Gasteiger partial charge in [0.1, 0.15) is 0 Å². The van der Waals surface area contributed by atoms with Gasteiger partial charge in [-0.25, -0.2) is 0 Å². The molecule has 74 valence electrons. The molecule has 1 unspecified atom stereocenters. The minimum atomic E-state index is -1.66. The van der Waals surface area contributed by atoms with Crippen LogP contribution in [0.5, 0.6) is 0 Å². The molecule has 0 aromatic carbocycles. The monoisotopic (exact) mass is 216 g/mol. The predicted molar refractivity (Wildman–Crippen MR) is 52.5 cm³/mol. The molecule has 0 aromatic rings. The van der Waals surface area contributed by atoms with Crippen molar-refractivity contribution < 1.29 is 40.4 Å². The molecule has 0 heterocycles. The van der Waals surface area contributed by atoms with Crippen LogP contribution in [0.15, 0.2) is 0 Å². The van der Waals surface area contributed by atoms with E-state index in [-0.39, 0.29) is 36.4 Å². The molecule has 0 aliphatic rings. The van der Waals surface area contributed by atoms with Crippen molar-refractivity contribution in [2.45, 2.75) is 26.2 Å². The summed E-state index contributed by atoms with van der Waals surface area (Å²) >= 11 is 0. The van der Waals surface area contributed by atoms with E-state index in [4.69, 9.17) is 15.7 Å². The molecule has 13 heavy (non-hydrogen) atoms. The van der Waals surface area contributed by atoms with Crippen LogP contribution < -0.4 is 35.3 Å². The molecule has 0 aliphatic heterocycles. The fraction of sp³-hybridized carbons (Fsp3) is 0.857. The van der Waals surface area contributed by atoms with Crippen LogP contribution in [-0.4, -0.2) is 23.5 Å². The third-order valence-electron chi connectivity index (χ3n) is 1.32. The van der Waals surface area contributed by atoms with Crippen molar-refractivity contribution in [1.82, 2.24) is 0 Å². The molecule has 0 saturated carbocycles. The normalized spacial score (nSPS) is 11.9. The molecular formula is C7H18N2NaO2P. The summed E-state index contributed by atoms with van der Waals surface area (Å²) < 4.78 is 5.04. The van der Waals surface area contributed by atoms with Gasteiger partial charge in [0.25, 0.3) is 0 Å². The van der Waals surface area contributed by atoms with Crippen molar-refractivity contribution >= 4 is 13.8 Å². The van der Waals surface area contributed by atoms with Gasteiger partial charge in [-0.3, -0.25) is 0 Å². The first-order chi connectivity index (χ1) is 5.72. The first kappa shape index (κ1) is 16.4. The summed E-state index contributed by atoms with van der Waals surface area (Å²) in [4.78, 5) is 9.24. The molecule has 0 bridgehead atoms. The molecular weight excluding hydrogens is 198 g/mol. The van der Waals surface area contributed by atoms with Crippen LogP contribution in [0.2, 0.25) is 0 Å². The van der Waals surface area contributed by atoms with Crippen molar-refractivity contribution in [3.05, 3.63) is 0 Å². The van der Waals surface area contributed by atoms with E-state index in [0.717, 1.165) is 12.8 Å². The summed E-state index contributed by atoms with van der Waals surface area (Å²) in [7, 11) is -1.66. The fourth-order valence-corrected chi connectivity index (χ4v) is 1.38. The van der Waals surface area contributed by atoms with Gasteiger partial charge >= 0.3 is 29.6 Å². The van der Waals surface area contributed by atoms with Gasteiger partial charge < -0.3 is 22.0 Å². The topological polar surface area (TPSA) is 79.3 Å². The number of nitrogens with two attached hydrogens (primary N) is 1. The second kappa shape index (κ2) is 11.1. The quantitative estimate of drug-likeness (QED) is 0.211. The molecule has 4 N–H and O–H groups in total. The van der Waals surface area contributed by atoms with Gasteiger partial charge in [0.15, 0.2) is 0 Å². The van der Waals surface area contributed by atoms with E-state index in [0.29, 0.717) is 19.6 Å². The van der Waals surface area contributed by atoms with Crippen molar-refractivity contribution in [3.63, 3.8) is 0 Å². The van der Waals surface area contributed by atoms with Gasteiger partial charge in [0, 0.05) is 6.42 Å². The smallest absolute Gasteiger partial charge is 1.00 e. The van der Waals surface area contributed by atoms with Crippen LogP contribution >= 0.6 is 8.38 Å². The average Bonchev–Trinajstić information content (AvgIpc) is 2.05. The van der Waals surface area contributed by atoms with Crippen LogP contribution in [0.1, 0.15) is 27.6 Å². The molecule has 0 rings (SSSR count). The first-order valence-electron chi connectivity index (χ1n) is 4.11. The van der Waals surface area contributed by atoms with Gasteiger partial charge in [-0.1, -0.05) is 13.3 Å². The zero-order valence-electron chi connectivity index (χ0n) is 9.42. The Hall–Kier alpha value is 0.980. The fourth-order valence-electron chi connectivity index (χ4n) is 0.606. The van der Waals surface area contributed by atoms with E-state index >= 15 is 0 Å². The van der Waals surface area contributed by atoms with Crippen LogP contribution in [0, 0.1) is 5.41 Å². The minimum Gasteiger partial charge on any atom is -1.00 e. The van der Waals surface area contributed by atoms with Crippen LogP contribution in [0.3, 0.4) is 0 Å². The van der Waals surface area contributed by atoms with E-state index in [9.17, 15) is 4.89 Å². The maximum absolute atomic E-state index is 9.24. The molecule has 1 atom stereocenters. The Morgan fingerprint density at radius 1 is 1.69 bits per heavy atom. The van der Waals surface area contributed by atoms with Gasteiger partial charge in [-0.15, -0.1) is 0 Å². The van der Waals surface area contributed by atoms with Gasteiger partial charge in [-0.05, 0) is 13.0 Å². The maximum atomic E-state index is 9.24. The van der Waals surface area contributed by atoms with Gasteiger partial charge in [-0.2, -0.15) is 0 Å². The van der Waals surface area contributed by atoms with Gasteiger partial charge in [0.05, 0.1) is 12.1 Å². The van der Waals surface area contributed by atoms with E-state index in [1.165, 1.54) is 0 Å².